The van der Waals surface area contributed by atoms with Gasteiger partial charge in [-0.1, -0.05) is 90.5 Å². The van der Waals surface area contributed by atoms with Gasteiger partial charge in [0.05, 0.1) is 11.7 Å². The number of hydrogen-bond donors (Lipinski definition) is 1. The maximum Gasteiger partial charge on any atom is 0.230 e. The quantitative estimate of drug-likeness (QED) is 0.369. The highest BCUT2D eigenvalue weighted by atomic mass is 35.5. The Morgan fingerprint density at radius 1 is 1.26 bits per heavy atom. The summed E-state index contributed by atoms with van der Waals surface area (Å²) in [5.41, 5.74) is 0.458. The monoisotopic (exact) mass is 441 g/mol. The van der Waals surface area contributed by atoms with Crippen LogP contribution in [0.3, 0.4) is 0 Å². The van der Waals surface area contributed by atoms with Gasteiger partial charge in [0.2, 0.25) is 11.0 Å². The Morgan fingerprint density at radius 2 is 1.96 bits per heavy atom. The van der Waals surface area contributed by atoms with Gasteiger partial charge in [-0.2, -0.15) is 0 Å². The van der Waals surface area contributed by atoms with Crippen molar-refractivity contribution in [1.82, 2.24) is 10.2 Å². The van der Waals surface area contributed by atoms with Crippen LogP contribution in [0.1, 0.15) is 24.2 Å². The zero-order valence-corrected chi connectivity index (χ0v) is 17.8. The molecule has 1 saturated carbocycles. The summed E-state index contributed by atoms with van der Waals surface area (Å²) >= 11 is 14.0. The molecule has 1 aromatic heterocycles. The standard InChI is InChI=1S/C18H17Cl2N3O2S2/c1-18(2)11(8-13(19)20)14(18)15(25)21-16-22-23-17(27-16)26-9-12(24)10-6-4-3-5-7-10/h3-8,11,14H,9H2,1-2H3,(H,21,22,25). The van der Waals surface area contributed by atoms with Crippen molar-refractivity contribution in [3.05, 3.63) is 46.5 Å². The molecule has 1 aliphatic carbocycles. The summed E-state index contributed by atoms with van der Waals surface area (Å²) in [4.78, 5) is 24.6. The van der Waals surface area contributed by atoms with Crippen LogP contribution in [0.25, 0.3) is 0 Å². The van der Waals surface area contributed by atoms with Crippen molar-refractivity contribution in [3.63, 3.8) is 0 Å². The predicted octanol–water partition coefficient (Wildman–Crippen LogP) is 5.04. The molecule has 2 atom stereocenters. The van der Waals surface area contributed by atoms with E-state index in [1.165, 1.54) is 23.1 Å². The number of Topliss-reactive ketones (excluding diaryl/α,β-unsaturated/α-hetero) is 1. The van der Waals surface area contributed by atoms with E-state index < -0.39 is 0 Å². The topological polar surface area (TPSA) is 72.0 Å². The van der Waals surface area contributed by atoms with Gasteiger partial charge in [0.15, 0.2) is 10.1 Å². The van der Waals surface area contributed by atoms with Crippen molar-refractivity contribution in [1.29, 1.82) is 0 Å². The molecule has 2 aromatic rings. The highest BCUT2D eigenvalue weighted by molar-refractivity contribution is 8.01. The molecule has 0 spiro atoms. The SMILES string of the molecule is CC1(C)C(C=C(Cl)Cl)C1C(=O)Nc1nnc(SCC(=O)c2ccccc2)s1. The third kappa shape index (κ3) is 4.90. The van der Waals surface area contributed by atoms with Crippen LogP contribution in [0.5, 0.6) is 0 Å². The number of aromatic nitrogens is 2. The van der Waals surface area contributed by atoms with Crippen LogP contribution in [0.4, 0.5) is 5.13 Å². The molecule has 1 heterocycles. The molecule has 1 aromatic carbocycles. The molecule has 1 aliphatic rings. The molecule has 2 unspecified atom stereocenters. The number of rotatable bonds is 7. The summed E-state index contributed by atoms with van der Waals surface area (Å²) in [5, 5.41) is 11.2. The number of nitrogens with one attached hydrogen (secondary N) is 1. The third-order valence-electron chi connectivity index (χ3n) is 4.56. The molecule has 0 saturated heterocycles. The van der Waals surface area contributed by atoms with Crippen LogP contribution in [-0.2, 0) is 4.79 Å². The molecule has 3 rings (SSSR count). The van der Waals surface area contributed by atoms with E-state index in [1.807, 2.05) is 32.0 Å². The Bertz CT molecular complexity index is 880. The lowest BCUT2D eigenvalue weighted by Crippen LogP contribution is -2.16. The van der Waals surface area contributed by atoms with Crippen LogP contribution < -0.4 is 5.32 Å². The smallest absolute Gasteiger partial charge is 0.230 e. The average molecular weight is 442 g/mol. The van der Waals surface area contributed by atoms with Gasteiger partial charge in [-0.15, -0.1) is 10.2 Å². The minimum Gasteiger partial charge on any atom is -0.300 e. The Kier molecular flexibility index (Phi) is 6.25. The molecule has 142 valence electrons. The first-order valence-electron chi connectivity index (χ1n) is 8.17. The van der Waals surface area contributed by atoms with Crippen molar-refractivity contribution in [2.75, 3.05) is 11.1 Å². The molecule has 5 nitrogen and oxygen atoms in total. The number of benzene rings is 1. The number of nitrogens with zero attached hydrogens (tertiary/aromatic N) is 2. The van der Waals surface area contributed by atoms with E-state index in [-0.39, 0.29) is 39.2 Å². The van der Waals surface area contributed by atoms with E-state index in [1.54, 1.807) is 18.2 Å². The Hall–Kier alpha value is -1.41. The fourth-order valence-corrected chi connectivity index (χ4v) is 4.88. The van der Waals surface area contributed by atoms with Gasteiger partial charge in [0, 0.05) is 5.56 Å². The largest absolute Gasteiger partial charge is 0.300 e. The molecule has 9 heteroatoms. The lowest BCUT2D eigenvalue weighted by molar-refractivity contribution is -0.118. The third-order valence-corrected chi connectivity index (χ3v) is 6.78. The zero-order chi connectivity index (χ0) is 19.6. The van der Waals surface area contributed by atoms with Crippen molar-refractivity contribution < 1.29 is 9.59 Å². The Morgan fingerprint density at radius 3 is 2.63 bits per heavy atom. The Balaban J connectivity index is 1.55. The van der Waals surface area contributed by atoms with Crippen LogP contribution in [0.2, 0.25) is 0 Å². The van der Waals surface area contributed by atoms with Gasteiger partial charge < -0.3 is 5.32 Å². The molecule has 0 aliphatic heterocycles. The molecule has 1 fully saturated rings. The minimum absolute atomic E-state index is 0.00670. The number of allylic oxidation sites excluding steroid dienone is 1. The number of hydrogen-bond acceptors (Lipinski definition) is 6. The zero-order valence-electron chi connectivity index (χ0n) is 14.6. The van der Waals surface area contributed by atoms with Crippen molar-refractivity contribution in [2.45, 2.75) is 18.2 Å². The van der Waals surface area contributed by atoms with Crippen molar-refractivity contribution in [2.24, 2.45) is 17.3 Å². The number of thioether (sulfide) groups is 1. The molecule has 1 N–H and O–H groups in total. The summed E-state index contributed by atoms with van der Waals surface area (Å²) < 4.78 is 0.797. The molecule has 0 radical (unpaired) electrons. The molecule has 0 bridgehead atoms. The maximum atomic E-state index is 12.5. The number of amides is 1. The van der Waals surface area contributed by atoms with Crippen LogP contribution in [0.15, 0.2) is 45.2 Å². The summed E-state index contributed by atoms with van der Waals surface area (Å²) in [5.74, 6) is -0.0707. The highest BCUT2D eigenvalue weighted by Crippen LogP contribution is 2.60. The van der Waals surface area contributed by atoms with Crippen LogP contribution in [-0.4, -0.2) is 27.6 Å². The van der Waals surface area contributed by atoms with Crippen LogP contribution in [0, 0.1) is 17.3 Å². The maximum absolute atomic E-state index is 12.5. The van der Waals surface area contributed by atoms with Crippen molar-refractivity contribution >= 4 is 63.1 Å². The summed E-state index contributed by atoms with van der Waals surface area (Å²) in [6.07, 6.45) is 1.70. The van der Waals surface area contributed by atoms with E-state index in [4.69, 9.17) is 23.2 Å². The van der Waals surface area contributed by atoms with Crippen LogP contribution >= 0.6 is 46.3 Å². The first-order chi connectivity index (χ1) is 12.8. The van der Waals surface area contributed by atoms with Gasteiger partial charge in [-0.05, 0) is 17.4 Å². The highest BCUT2D eigenvalue weighted by Gasteiger charge is 2.60. The first kappa shape index (κ1) is 20.3. The summed E-state index contributed by atoms with van der Waals surface area (Å²) in [6.45, 7) is 3.98. The minimum atomic E-state index is -0.218. The molecular formula is C18H17Cl2N3O2S2. The lowest BCUT2D eigenvalue weighted by Gasteiger charge is -2.01. The number of carbonyl (C=O) groups excluding carboxylic acids is 2. The molecule has 27 heavy (non-hydrogen) atoms. The average Bonchev–Trinajstić information content (AvgIpc) is 2.94. The summed E-state index contributed by atoms with van der Waals surface area (Å²) in [7, 11) is 0. The second-order valence-corrected chi connectivity index (χ2v) is 9.93. The number of carbonyl (C=O) groups is 2. The second kappa shape index (κ2) is 8.31. The molecule has 1 amide bonds. The van der Waals surface area contributed by atoms with Gasteiger partial charge >= 0.3 is 0 Å². The Labute approximate surface area is 175 Å². The predicted molar refractivity (Wildman–Crippen MR) is 111 cm³/mol. The summed E-state index contributed by atoms with van der Waals surface area (Å²) in [6, 6.07) is 9.09. The van der Waals surface area contributed by atoms with E-state index in [2.05, 4.69) is 15.5 Å². The fourth-order valence-electron chi connectivity index (χ4n) is 2.96. The number of anilines is 1. The van der Waals surface area contributed by atoms with E-state index in [0.717, 1.165) is 0 Å². The van der Waals surface area contributed by atoms with E-state index in [0.29, 0.717) is 15.0 Å². The van der Waals surface area contributed by atoms with Gasteiger partial charge in [0.1, 0.15) is 4.49 Å². The molecular weight excluding hydrogens is 425 g/mol. The van der Waals surface area contributed by atoms with Crippen molar-refractivity contribution in [3.8, 4) is 0 Å². The van der Waals surface area contributed by atoms with Gasteiger partial charge in [-0.25, -0.2) is 0 Å². The van der Waals surface area contributed by atoms with E-state index >= 15 is 0 Å². The fraction of sp³-hybridized carbons (Fsp3) is 0.333. The number of ketones is 1. The second-order valence-electron chi connectivity index (χ2n) is 6.72. The van der Waals surface area contributed by atoms with Gasteiger partial charge in [0.25, 0.3) is 0 Å². The van der Waals surface area contributed by atoms with E-state index in [9.17, 15) is 9.59 Å². The normalized spacial score (nSPS) is 20.0. The van der Waals surface area contributed by atoms with Gasteiger partial charge in [-0.3, -0.25) is 9.59 Å². The number of halogens is 2. The first-order valence-corrected chi connectivity index (χ1v) is 10.7. The lowest BCUT2D eigenvalue weighted by atomic mass is 10.1.